The summed E-state index contributed by atoms with van der Waals surface area (Å²) in [6.45, 7) is 5.46. The molecule has 2 aliphatic heterocycles. The van der Waals surface area contributed by atoms with Crippen LogP contribution in [0.15, 0.2) is 35.2 Å². The number of benzene rings is 1. The van der Waals surface area contributed by atoms with Crippen molar-refractivity contribution in [2.24, 2.45) is 5.92 Å². The number of carbonyl (C=O) groups is 1. The standard InChI is InChI=1S/C22H30N4O4S/c1-16-21(17(2)26(24-16)19-7-4-3-5-8-19)31(28,29)25-12-10-18(11-13-25)22(27)23-15-20-9-6-14-30-20/h3-5,7-8,18,20H,6,9-15H2,1-2H3,(H,23,27). The first kappa shape index (κ1) is 22.0. The molecule has 2 saturated heterocycles. The first-order valence-electron chi connectivity index (χ1n) is 10.9. The highest BCUT2D eigenvalue weighted by atomic mass is 32.2. The molecule has 168 valence electrons. The van der Waals surface area contributed by atoms with E-state index in [0.29, 0.717) is 43.9 Å². The maximum absolute atomic E-state index is 13.4. The van der Waals surface area contributed by atoms with Crippen molar-refractivity contribution in [1.82, 2.24) is 19.4 Å². The van der Waals surface area contributed by atoms with Gasteiger partial charge in [-0.1, -0.05) is 18.2 Å². The summed E-state index contributed by atoms with van der Waals surface area (Å²) in [5.41, 5.74) is 1.91. The number of aromatic nitrogens is 2. The zero-order valence-electron chi connectivity index (χ0n) is 18.1. The van der Waals surface area contributed by atoms with Gasteiger partial charge in [0.25, 0.3) is 0 Å². The first-order chi connectivity index (χ1) is 14.9. The Kier molecular flexibility index (Phi) is 6.45. The molecule has 0 bridgehead atoms. The van der Waals surface area contributed by atoms with Gasteiger partial charge in [0.15, 0.2) is 0 Å². The van der Waals surface area contributed by atoms with Gasteiger partial charge in [-0.05, 0) is 51.7 Å². The molecule has 1 aromatic heterocycles. The van der Waals surface area contributed by atoms with E-state index in [0.717, 1.165) is 25.1 Å². The van der Waals surface area contributed by atoms with Crippen molar-refractivity contribution in [3.63, 3.8) is 0 Å². The molecule has 0 spiro atoms. The second-order valence-electron chi connectivity index (χ2n) is 8.31. The Morgan fingerprint density at radius 1 is 1.16 bits per heavy atom. The number of sulfonamides is 1. The minimum atomic E-state index is -3.69. The summed E-state index contributed by atoms with van der Waals surface area (Å²) in [5, 5.41) is 7.46. The molecular formula is C22H30N4O4S. The van der Waals surface area contributed by atoms with Crippen molar-refractivity contribution in [2.75, 3.05) is 26.2 Å². The summed E-state index contributed by atoms with van der Waals surface area (Å²) in [5.74, 6) is -0.168. The Morgan fingerprint density at radius 2 is 1.87 bits per heavy atom. The summed E-state index contributed by atoms with van der Waals surface area (Å²) >= 11 is 0. The van der Waals surface area contributed by atoms with Gasteiger partial charge in [-0.3, -0.25) is 4.79 Å². The average molecular weight is 447 g/mol. The molecule has 0 aliphatic carbocycles. The Labute approximate surface area is 183 Å². The maximum atomic E-state index is 13.4. The van der Waals surface area contributed by atoms with Crippen LogP contribution in [0.25, 0.3) is 5.69 Å². The first-order valence-corrected chi connectivity index (χ1v) is 12.3. The molecule has 2 fully saturated rings. The van der Waals surface area contributed by atoms with Gasteiger partial charge >= 0.3 is 0 Å². The number of hydrogen-bond donors (Lipinski definition) is 1. The van der Waals surface area contributed by atoms with Crippen LogP contribution >= 0.6 is 0 Å². The van der Waals surface area contributed by atoms with Crippen LogP contribution in [-0.2, 0) is 19.6 Å². The highest BCUT2D eigenvalue weighted by molar-refractivity contribution is 7.89. The van der Waals surface area contributed by atoms with E-state index in [4.69, 9.17) is 4.74 Å². The van der Waals surface area contributed by atoms with E-state index in [-0.39, 0.29) is 22.8 Å². The van der Waals surface area contributed by atoms with Crippen molar-refractivity contribution in [3.05, 3.63) is 41.7 Å². The zero-order chi connectivity index (χ0) is 22.0. The number of nitrogens with zero attached hydrogens (tertiary/aromatic N) is 3. The zero-order valence-corrected chi connectivity index (χ0v) is 18.9. The molecule has 31 heavy (non-hydrogen) atoms. The van der Waals surface area contributed by atoms with Crippen molar-refractivity contribution in [3.8, 4) is 5.69 Å². The molecule has 0 radical (unpaired) electrons. The predicted octanol–water partition coefficient (Wildman–Crippen LogP) is 2.19. The number of ether oxygens (including phenoxy) is 1. The smallest absolute Gasteiger partial charge is 0.246 e. The van der Waals surface area contributed by atoms with Gasteiger partial charge in [-0.2, -0.15) is 9.40 Å². The minimum absolute atomic E-state index is 0.00296. The minimum Gasteiger partial charge on any atom is -0.376 e. The average Bonchev–Trinajstić information content (AvgIpc) is 3.40. The third kappa shape index (κ3) is 4.53. The van der Waals surface area contributed by atoms with E-state index in [2.05, 4.69) is 10.4 Å². The van der Waals surface area contributed by atoms with Crippen molar-refractivity contribution < 1.29 is 17.9 Å². The van der Waals surface area contributed by atoms with Crippen LogP contribution in [0.1, 0.15) is 37.1 Å². The fourth-order valence-electron chi connectivity index (χ4n) is 4.47. The Bertz CT molecular complexity index is 1020. The SMILES string of the molecule is Cc1nn(-c2ccccc2)c(C)c1S(=O)(=O)N1CCC(C(=O)NCC2CCCO2)CC1. The van der Waals surface area contributed by atoms with Crippen molar-refractivity contribution in [2.45, 2.75) is 50.5 Å². The Morgan fingerprint density at radius 3 is 2.52 bits per heavy atom. The van der Waals surface area contributed by atoms with Crippen LogP contribution in [0.3, 0.4) is 0 Å². The molecule has 2 aliphatic rings. The lowest BCUT2D eigenvalue weighted by molar-refractivity contribution is -0.126. The highest BCUT2D eigenvalue weighted by Crippen LogP contribution is 2.29. The van der Waals surface area contributed by atoms with Gasteiger partial charge in [0.1, 0.15) is 4.90 Å². The summed E-state index contributed by atoms with van der Waals surface area (Å²) in [6, 6.07) is 9.50. The molecule has 9 heteroatoms. The lowest BCUT2D eigenvalue weighted by Gasteiger charge is -2.30. The topological polar surface area (TPSA) is 93.5 Å². The van der Waals surface area contributed by atoms with Gasteiger partial charge in [0, 0.05) is 32.2 Å². The van der Waals surface area contributed by atoms with Gasteiger partial charge in [0.05, 0.1) is 23.2 Å². The van der Waals surface area contributed by atoms with Crippen LogP contribution < -0.4 is 5.32 Å². The van der Waals surface area contributed by atoms with Gasteiger partial charge in [-0.15, -0.1) is 0 Å². The second kappa shape index (κ2) is 9.10. The molecule has 1 aromatic carbocycles. The molecule has 4 rings (SSSR count). The predicted molar refractivity (Wildman–Crippen MR) is 117 cm³/mol. The Hall–Kier alpha value is -2.23. The number of hydrogen-bond acceptors (Lipinski definition) is 5. The van der Waals surface area contributed by atoms with Gasteiger partial charge in [-0.25, -0.2) is 13.1 Å². The molecule has 0 saturated carbocycles. The molecular weight excluding hydrogens is 416 g/mol. The number of rotatable bonds is 6. The van der Waals surface area contributed by atoms with Crippen LogP contribution in [-0.4, -0.2) is 60.8 Å². The van der Waals surface area contributed by atoms with Crippen LogP contribution in [0, 0.1) is 19.8 Å². The van der Waals surface area contributed by atoms with Crippen LogP contribution in [0.4, 0.5) is 0 Å². The molecule has 2 aromatic rings. The van der Waals surface area contributed by atoms with Gasteiger partial charge in [0.2, 0.25) is 15.9 Å². The quantitative estimate of drug-likeness (QED) is 0.734. The van der Waals surface area contributed by atoms with Crippen molar-refractivity contribution in [1.29, 1.82) is 0 Å². The summed E-state index contributed by atoms with van der Waals surface area (Å²) in [4.78, 5) is 12.8. The number of aryl methyl sites for hydroxylation is 1. The lowest BCUT2D eigenvalue weighted by atomic mass is 9.97. The molecule has 8 nitrogen and oxygen atoms in total. The van der Waals surface area contributed by atoms with Gasteiger partial charge < -0.3 is 10.1 Å². The van der Waals surface area contributed by atoms with E-state index in [1.54, 1.807) is 18.5 Å². The third-order valence-corrected chi connectivity index (χ3v) is 8.33. The van der Waals surface area contributed by atoms with E-state index >= 15 is 0 Å². The van der Waals surface area contributed by atoms with E-state index in [9.17, 15) is 13.2 Å². The molecule has 1 atom stereocenters. The molecule has 1 amide bonds. The fraction of sp³-hybridized carbons (Fsp3) is 0.545. The van der Waals surface area contributed by atoms with Crippen LogP contribution in [0.2, 0.25) is 0 Å². The second-order valence-corrected chi connectivity index (χ2v) is 10.2. The van der Waals surface area contributed by atoms with Crippen LogP contribution in [0.5, 0.6) is 0 Å². The monoisotopic (exact) mass is 446 g/mol. The van der Waals surface area contributed by atoms with E-state index < -0.39 is 10.0 Å². The van der Waals surface area contributed by atoms with E-state index in [1.165, 1.54) is 4.31 Å². The third-order valence-electron chi connectivity index (χ3n) is 6.18. The Balaban J connectivity index is 1.42. The number of piperidine rings is 1. The highest BCUT2D eigenvalue weighted by Gasteiger charge is 2.35. The number of para-hydroxylation sites is 1. The summed E-state index contributed by atoms with van der Waals surface area (Å²) < 4.78 is 35.5. The van der Waals surface area contributed by atoms with Crippen molar-refractivity contribution >= 4 is 15.9 Å². The summed E-state index contributed by atoms with van der Waals surface area (Å²) in [6.07, 6.45) is 3.16. The number of carbonyl (C=O) groups excluding carboxylic acids is 1. The molecule has 3 heterocycles. The number of amides is 1. The maximum Gasteiger partial charge on any atom is 0.246 e. The number of nitrogens with one attached hydrogen (secondary N) is 1. The van der Waals surface area contributed by atoms with E-state index in [1.807, 2.05) is 30.3 Å². The summed E-state index contributed by atoms with van der Waals surface area (Å²) in [7, 11) is -3.69. The lowest BCUT2D eigenvalue weighted by Crippen LogP contribution is -2.44. The largest absolute Gasteiger partial charge is 0.376 e. The normalized spacial score (nSPS) is 20.8. The fourth-order valence-corrected chi connectivity index (χ4v) is 6.30. The molecule has 1 unspecified atom stereocenters. The molecule has 1 N–H and O–H groups in total.